The molecule has 0 aromatic heterocycles. The summed E-state index contributed by atoms with van der Waals surface area (Å²) in [6.07, 6.45) is -2.66. The van der Waals surface area contributed by atoms with Crippen LogP contribution in [-0.4, -0.2) is 85.8 Å². The summed E-state index contributed by atoms with van der Waals surface area (Å²) in [5.41, 5.74) is 1.57. The molecule has 43 heavy (non-hydrogen) atoms. The molecule has 1 fully saturated rings. The van der Waals surface area contributed by atoms with Gasteiger partial charge in [-0.1, -0.05) is 30.7 Å². The topological polar surface area (TPSA) is 220 Å². The average molecular weight is 594 g/mol. The number of fused-ring (bicyclic) bond motifs is 3. The minimum Gasteiger partial charge on any atom is -0.508 e. The number of ketones is 2. The molecule has 3 aliphatic rings. The number of primary amides is 1. The predicted octanol–water partition coefficient (Wildman–Crippen LogP) is 1.42. The molecule has 0 saturated heterocycles. The Labute approximate surface area is 245 Å². The zero-order valence-corrected chi connectivity index (χ0v) is 23.7. The molecule has 1 saturated carbocycles. The first-order valence-electron chi connectivity index (χ1n) is 13.4. The smallest absolute Gasteiger partial charge is 0.417 e. The molecule has 2 aromatic rings. The van der Waals surface area contributed by atoms with Crippen molar-refractivity contribution in [1.29, 1.82) is 0 Å². The zero-order valence-electron chi connectivity index (χ0n) is 23.7. The minimum atomic E-state index is -3.02. The lowest BCUT2D eigenvalue weighted by molar-refractivity contribution is -0.169. The van der Waals surface area contributed by atoms with Crippen molar-refractivity contribution in [2.24, 2.45) is 17.6 Å². The number of nitrogens with one attached hydrogen (secondary N) is 1. The van der Waals surface area contributed by atoms with E-state index in [1.54, 1.807) is 31.2 Å². The van der Waals surface area contributed by atoms with Crippen molar-refractivity contribution in [1.82, 2.24) is 4.90 Å². The highest BCUT2D eigenvalue weighted by Crippen LogP contribution is 2.56. The maximum atomic E-state index is 14.1. The summed E-state index contributed by atoms with van der Waals surface area (Å²) in [4.78, 5) is 53.3. The van der Waals surface area contributed by atoms with E-state index in [4.69, 9.17) is 10.5 Å². The molecule has 3 aliphatic carbocycles. The van der Waals surface area contributed by atoms with E-state index >= 15 is 0 Å². The third-order valence-corrected chi connectivity index (χ3v) is 8.60. The van der Waals surface area contributed by atoms with Gasteiger partial charge < -0.3 is 36.0 Å². The maximum Gasteiger partial charge on any atom is 0.417 e. The quantitative estimate of drug-likeness (QED) is 0.198. The standard InChI is InChI=1S/C30H31N3O10/c1-11-5-7-13(8-6-11)43-29(41)32-15-10-9-14-12(2)16-18(23(35)17(14)22(15)34)26(38)30(42)20(24(16)36)21(33(3)4)25(37)19(27(30)39)28(31)40/h5-10,12,16,20-21,24,34-36,39,42H,1-4H3,(H2,31,40)(H,32,41)/t12-,16+,20+,21-,24-,30-/m1/s1. The highest BCUT2D eigenvalue weighted by Gasteiger charge is 2.68. The highest BCUT2D eigenvalue weighted by molar-refractivity contribution is 6.24. The van der Waals surface area contributed by atoms with Gasteiger partial charge in [0.2, 0.25) is 5.78 Å². The summed E-state index contributed by atoms with van der Waals surface area (Å²) in [5.74, 6) is -9.85. The monoisotopic (exact) mass is 593 g/mol. The molecule has 13 nitrogen and oxygen atoms in total. The Kier molecular flexibility index (Phi) is 7.08. The van der Waals surface area contributed by atoms with Gasteiger partial charge in [0.25, 0.3) is 5.91 Å². The molecule has 0 radical (unpaired) electrons. The van der Waals surface area contributed by atoms with E-state index in [1.165, 1.54) is 31.1 Å². The van der Waals surface area contributed by atoms with Crippen molar-refractivity contribution in [2.75, 3.05) is 19.4 Å². The van der Waals surface area contributed by atoms with Crippen molar-refractivity contribution in [3.63, 3.8) is 0 Å². The van der Waals surface area contributed by atoms with Crippen LogP contribution < -0.4 is 15.8 Å². The number of aromatic hydroxyl groups is 1. The lowest BCUT2D eigenvalue weighted by Crippen LogP contribution is -2.70. The molecular weight excluding hydrogens is 562 g/mol. The Morgan fingerprint density at radius 1 is 1.05 bits per heavy atom. The van der Waals surface area contributed by atoms with Crippen LogP contribution in [-0.2, 0) is 14.4 Å². The molecule has 0 unspecified atom stereocenters. The van der Waals surface area contributed by atoms with E-state index in [0.717, 1.165) is 5.56 Å². The van der Waals surface area contributed by atoms with Gasteiger partial charge in [-0.2, -0.15) is 0 Å². The number of aliphatic hydroxyl groups excluding tert-OH is 3. The van der Waals surface area contributed by atoms with Crippen LogP contribution in [0, 0.1) is 18.8 Å². The number of aliphatic hydroxyl groups is 4. The number of rotatable bonds is 4. The molecule has 2 aromatic carbocycles. The molecule has 2 amide bonds. The molecule has 5 rings (SSSR count). The summed E-state index contributed by atoms with van der Waals surface area (Å²) in [6.45, 7) is 3.47. The molecule has 0 bridgehead atoms. The van der Waals surface area contributed by atoms with Crippen molar-refractivity contribution in [3.05, 3.63) is 70.0 Å². The number of likely N-dealkylation sites (N-methyl/N-ethyl adjacent to an activating group) is 1. The zero-order chi connectivity index (χ0) is 31.7. The van der Waals surface area contributed by atoms with E-state index in [-0.39, 0.29) is 17.0 Å². The van der Waals surface area contributed by atoms with E-state index < -0.39 is 87.5 Å². The lowest BCUT2D eigenvalue weighted by atomic mass is 9.54. The van der Waals surface area contributed by atoms with Gasteiger partial charge in [-0.3, -0.25) is 24.6 Å². The number of hydrogen-bond donors (Lipinski definition) is 7. The Morgan fingerprint density at radius 3 is 2.26 bits per heavy atom. The van der Waals surface area contributed by atoms with Crippen LogP contribution in [0.5, 0.6) is 11.5 Å². The molecule has 0 spiro atoms. The second-order valence-electron chi connectivity index (χ2n) is 11.3. The Balaban J connectivity index is 1.62. The van der Waals surface area contributed by atoms with Crippen LogP contribution in [0.3, 0.4) is 0 Å². The second kappa shape index (κ2) is 10.2. The first-order chi connectivity index (χ1) is 20.1. The minimum absolute atomic E-state index is 0.177. The number of carbonyl (C=O) groups excluding carboxylic acids is 4. The third kappa shape index (κ3) is 4.27. The fourth-order valence-corrected chi connectivity index (χ4v) is 6.57. The van der Waals surface area contributed by atoms with Gasteiger partial charge in [0.05, 0.1) is 29.3 Å². The van der Waals surface area contributed by atoms with Crippen molar-refractivity contribution in [2.45, 2.75) is 37.5 Å². The van der Waals surface area contributed by atoms with E-state index in [9.17, 15) is 44.7 Å². The normalized spacial score (nSPS) is 28.3. The van der Waals surface area contributed by atoms with Crippen molar-refractivity contribution in [3.8, 4) is 11.5 Å². The number of phenolic OH excluding ortho intramolecular Hbond substituents is 1. The number of benzene rings is 2. The van der Waals surface area contributed by atoms with Crippen LogP contribution in [0.2, 0.25) is 0 Å². The van der Waals surface area contributed by atoms with Gasteiger partial charge >= 0.3 is 6.09 Å². The van der Waals surface area contributed by atoms with Gasteiger partial charge in [0.15, 0.2) is 11.4 Å². The highest BCUT2D eigenvalue weighted by atomic mass is 16.6. The molecule has 0 heterocycles. The average Bonchev–Trinajstić information content (AvgIpc) is 2.93. The van der Waals surface area contributed by atoms with Crippen LogP contribution in [0.4, 0.5) is 10.5 Å². The molecule has 0 aliphatic heterocycles. The van der Waals surface area contributed by atoms with Gasteiger partial charge in [-0.25, -0.2) is 4.79 Å². The van der Waals surface area contributed by atoms with Crippen molar-refractivity contribution >= 4 is 35.0 Å². The van der Waals surface area contributed by atoms with Crippen LogP contribution in [0.1, 0.15) is 29.5 Å². The summed E-state index contributed by atoms with van der Waals surface area (Å²) < 4.78 is 5.23. The molecule has 8 N–H and O–H groups in total. The number of anilines is 1. The van der Waals surface area contributed by atoms with Gasteiger partial charge in [-0.05, 0) is 50.7 Å². The summed E-state index contributed by atoms with van der Waals surface area (Å²) in [7, 11) is 2.86. The maximum absolute atomic E-state index is 14.1. The molecule has 13 heteroatoms. The summed E-state index contributed by atoms with van der Waals surface area (Å²) >= 11 is 0. The van der Waals surface area contributed by atoms with E-state index in [2.05, 4.69) is 5.32 Å². The number of carbonyl (C=O) groups is 4. The third-order valence-electron chi connectivity index (χ3n) is 8.60. The number of aryl methyl sites for hydroxylation is 1. The number of hydrogen-bond acceptors (Lipinski definition) is 11. The number of Topliss-reactive ketones (excluding diaryl/α,β-unsaturated/α-hetero) is 2. The number of nitrogens with zero attached hydrogens (tertiary/aromatic N) is 1. The van der Waals surface area contributed by atoms with E-state index in [1.807, 2.05) is 6.92 Å². The Hall–Kier alpha value is -4.72. The van der Waals surface area contributed by atoms with Crippen molar-refractivity contribution < 1.29 is 49.4 Å². The van der Waals surface area contributed by atoms with Gasteiger partial charge in [0.1, 0.15) is 28.6 Å². The van der Waals surface area contributed by atoms with Crippen LogP contribution in [0.15, 0.2) is 53.3 Å². The fourth-order valence-electron chi connectivity index (χ4n) is 6.57. The second-order valence-corrected chi connectivity index (χ2v) is 11.3. The van der Waals surface area contributed by atoms with Gasteiger partial charge in [0, 0.05) is 11.5 Å². The number of phenols is 1. The SMILES string of the molecule is Cc1ccc(OC(=O)Nc2ccc3c(c2O)C(O)=C2C(=O)[C@@]4(O)C(O)=C(C(N)=O)C(=O)[C@H](N(C)C)[C@H]4[C@H](O)[C@H]2[C@@H]3C)cc1. The lowest BCUT2D eigenvalue weighted by Gasteiger charge is -2.53. The molecule has 6 atom stereocenters. The number of ether oxygens (including phenoxy) is 1. The van der Waals surface area contributed by atoms with Crippen LogP contribution >= 0.6 is 0 Å². The Morgan fingerprint density at radius 2 is 1.67 bits per heavy atom. The van der Waals surface area contributed by atoms with Gasteiger partial charge in [-0.15, -0.1) is 0 Å². The summed E-state index contributed by atoms with van der Waals surface area (Å²) in [6, 6.07) is 8.00. The Bertz CT molecular complexity index is 1640. The fraction of sp³-hybridized carbons (Fsp3) is 0.333. The number of amides is 2. The predicted molar refractivity (Wildman–Crippen MR) is 151 cm³/mol. The molecule has 226 valence electrons. The number of nitrogens with two attached hydrogens (primary N) is 1. The van der Waals surface area contributed by atoms with Crippen LogP contribution in [0.25, 0.3) is 5.76 Å². The first kappa shape index (κ1) is 29.8. The molecular formula is C30H31N3O10. The van der Waals surface area contributed by atoms with E-state index in [0.29, 0.717) is 5.56 Å². The largest absolute Gasteiger partial charge is 0.508 e. The first-order valence-corrected chi connectivity index (χ1v) is 13.4. The summed E-state index contributed by atoms with van der Waals surface area (Å²) in [5, 5.41) is 59.3.